The summed E-state index contributed by atoms with van der Waals surface area (Å²) < 4.78 is 65.2. The number of amides is 1. The van der Waals surface area contributed by atoms with Crippen molar-refractivity contribution in [1.82, 2.24) is 0 Å². The molecular weight excluding hydrogens is 452 g/mol. The highest BCUT2D eigenvalue weighted by Gasteiger charge is 2.34. The first-order valence-electron chi connectivity index (χ1n) is 6.97. The Kier molecular flexibility index (Phi) is 6.20. The minimum Gasteiger partial charge on any atom is -0.368 e. The van der Waals surface area contributed by atoms with Crippen molar-refractivity contribution in [1.29, 1.82) is 0 Å². The number of carbonyl (C=O) groups is 1. The van der Waals surface area contributed by atoms with E-state index in [1.54, 1.807) is 0 Å². The number of sulfonamides is 1. The van der Waals surface area contributed by atoms with Crippen molar-refractivity contribution in [2.24, 2.45) is 5.73 Å². The molecule has 5 nitrogen and oxygen atoms in total. The van der Waals surface area contributed by atoms with Gasteiger partial charge in [0, 0.05) is 0 Å². The fraction of sp³-hybridized carbons (Fsp3) is 0.133. The lowest BCUT2D eigenvalue weighted by atomic mass is 10.2. The van der Waals surface area contributed by atoms with Gasteiger partial charge < -0.3 is 5.73 Å². The lowest BCUT2D eigenvalue weighted by Crippen LogP contribution is -2.38. The monoisotopic (exact) mass is 460 g/mol. The highest BCUT2D eigenvalue weighted by Crippen LogP contribution is 2.37. The summed E-state index contributed by atoms with van der Waals surface area (Å²) in [7, 11) is -4.54. The molecule has 2 N–H and O–H groups in total. The van der Waals surface area contributed by atoms with Crippen LogP contribution in [0.3, 0.4) is 0 Å². The number of benzene rings is 2. The minimum atomic E-state index is -4.76. The molecule has 2 aromatic carbocycles. The molecule has 0 unspecified atom stereocenters. The number of carbonyl (C=O) groups excluding carboxylic acids is 1. The summed E-state index contributed by atoms with van der Waals surface area (Å²) in [6, 6.07) is 5.33. The number of anilines is 1. The second-order valence-corrected chi connectivity index (χ2v) is 8.30. The van der Waals surface area contributed by atoms with Crippen LogP contribution in [0.4, 0.5) is 18.9 Å². The molecule has 2 aromatic rings. The average molecular weight is 462 g/mol. The fourth-order valence-corrected chi connectivity index (χ4v) is 4.19. The van der Waals surface area contributed by atoms with Crippen LogP contribution in [0.2, 0.25) is 15.1 Å². The predicted molar refractivity (Wildman–Crippen MR) is 96.6 cm³/mol. The zero-order valence-corrected chi connectivity index (χ0v) is 16.2. The maximum atomic E-state index is 13.0. The van der Waals surface area contributed by atoms with Crippen LogP contribution in [0, 0.1) is 0 Å². The van der Waals surface area contributed by atoms with Crippen LogP contribution < -0.4 is 10.0 Å². The average Bonchev–Trinajstić information content (AvgIpc) is 2.54. The zero-order chi connectivity index (χ0) is 20.6. The Morgan fingerprint density at radius 3 is 2.11 bits per heavy atom. The predicted octanol–water partition coefficient (Wildman–Crippen LogP) is 4.35. The van der Waals surface area contributed by atoms with E-state index in [0.717, 1.165) is 18.2 Å². The van der Waals surface area contributed by atoms with Crippen LogP contribution in [0.15, 0.2) is 41.3 Å². The standard InChI is InChI=1S/C15H10Cl3F3N2O3S/c16-10-4-2-9(6-12(10)18)27(25,26)23(7-14(22)24)13-5-8(15(19,20)21)1-3-11(13)17/h1-6H,7H2,(H2,22,24). The molecule has 0 heterocycles. The first kappa shape index (κ1) is 21.6. The molecule has 2 rings (SSSR count). The van der Waals surface area contributed by atoms with E-state index < -0.39 is 44.8 Å². The molecule has 0 bridgehead atoms. The van der Waals surface area contributed by atoms with Gasteiger partial charge in [0.05, 0.1) is 31.2 Å². The van der Waals surface area contributed by atoms with E-state index in [1.807, 2.05) is 0 Å². The Balaban J connectivity index is 2.68. The number of alkyl halides is 3. The van der Waals surface area contributed by atoms with Crippen LogP contribution in [0.25, 0.3) is 0 Å². The number of halogens is 6. The third kappa shape index (κ3) is 4.78. The number of nitrogens with zero attached hydrogens (tertiary/aromatic N) is 1. The van der Waals surface area contributed by atoms with Crippen LogP contribution in [0.1, 0.15) is 5.56 Å². The van der Waals surface area contributed by atoms with Gasteiger partial charge in [-0.05, 0) is 36.4 Å². The van der Waals surface area contributed by atoms with Crippen molar-refractivity contribution >= 4 is 56.4 Å². The van der Waals surface area contributed by atoms with E-state index in [2.05, 4.69) is 0 Å². The zero-order valence-electron chi connectivity index (χ0n) is 13.1. The van der Waals surface area contributed by atoms with Crippen molar-refractivity contribution < 1.29 is 26.4 Å². The molecule has 0 saturated carbocycles. The third-order valence-electron chi connectivity index (χ3n) is 3.32. The van der Waals surface area contributed by atoms with Gasteiger partial charge in [0.2, 0.25) is 5.91 Å². The molecule has 0 aliphatic heterocycles. The summed E-state index contributed by atoms with van der Waals surface area (Å²) in [5.41, 5.74) is 3.36. The van der Waals surface area contributed by atoms with E-state index in [1.165, 1.54) is 6.07 Å². The van der Waals surface area contributed by atoms with Gasteiger partial charge in [0.25, 0.3) is 10.0 Å². The number of hydrogen-bond acceptors (Lipinski definition) is 3. The van der Waals surface area contributed by atoms with E-state index in [4.69, 9.17) is 40.5 Å². The molecule has 0 aliphatic carbocycles. The molecule has 0 aliphatic rings. The van der Waals surface area contributed by atoms with Crippen LogP contribution in [-0.4, -0.2) is 20.9 Å². The molecule has 0 atom stereocenters. The van der Waals surface area contributed by atoms with Crippen molar-refractivity contribution in [3.05, 3.63) is 57.0 Å². The molecule has 146 valence electrons. The maximum absolute atomic E-state index is 13.0. The molecule has 1 amide bonds. The minimum absolute atomic E-state index is 0.0640. The fourth-order valence-electron chi connectivity index (χ4n) is 2.09. The second kappa shape index (κ2) is 7.75. The van der Waals surface area contributed by atoms with Crippen molar-refractivity contribution in [2.45, 2.75) is 11.1 Å². The summed E-state index contributed by atoms with van der Waals surface area (Å²) in [5, 5.41) is -0.367. The number of nitrogens with two attached hydrogens (primary N) is 1. The summed E-state index contributed by atoms with van der Waals surface area (Å²) in [6.07, 6.45) is -4.76. The molecule has 0 saturated heterocycles. The van der Waals surface area contributed by atoms with Crippen LogP contribution >= 0.6 is 34.8 Å². The lowest BCUT2D eigenvalue weighted by Gasteiger charge is -2.25. The van der Waals surface area contributed by atoms with E-state index in [9.17, 15) is 26.4 Å². The SMILES string of the molecule is NC(=O)CN(c1cc(C(F)(F)F)ccc1Cl)S(=O)(=O)c1ccc(Cl)c(Cl)c1. The Labute approximate surface area is 167 Å². The van der Waals surface area contributed by atoms with Gasteiger partial charge in [-0.3, -0.25) is 9.10 Å². The van der Waals surface area contributed by atoms with Gasteiger partial charge in [0.1, 0.15) is 6.54 Å². The summed E-state index contributed by atoms with van der Waals surface area (Å²) in [4.78, 5) is 11.0. The maximum Gasteiger partial charge on any atom is 0.416 e. The number of primary amides is 1. The number of hydrogen-bond donors (Lipinski definition) is 1. The number of rotatable bonds is 5. The Morgan fingerprint density at radius 2 is 1.59 bits per heavy atom. The Morgan fingerprint density at radius 1 is 1.00 bits per heavy atom. The van der Waals surface area contributed by atoms with Crippen molar-refractivity contribution in [3.63, 3.8) is 0 Å². The molecular formula is C15H10Cl3F3N2O3S. The first-order valence-corrected chi connectivity index (χ1v) is 9.54. The molecule has 0 fully saturated rings. The summed E-state index contributed by atoms with van der Waals surface area (Å²) >= 11 is 17.5. The largest absolute Gasteiger partial charge is 0.416 e. The van der Waals surface area contributed by atoms with E-state index in [-0.39, 0.29) is 15.1 Å². The van der Waals surface area contributed by atoms with Gasteiger partial charge in [-0.2, -0.15) is 13.2 Å². The quantitative estimate of drug-likeness (QED) is 0.719. The van der Waals surface area contributed by atoms with Crippen molar-refractivity contribution in [2.75, 3.05) is 10.8 Å². The second-order valence-electron chi connectivity index (χ2n) is 5.22. The highest BCUT2D eigenvalue weighted by molar-refractivity contribution is 7.92. The van der Waals surface area contributed by atoms with E-state index in [0.29, 0.717) is 16.4 Å². The molecule has 0 spiro atoms. The van der Waals surface area contributed by atoms with Gasteiger partial charge in [0.15, 0.2) is 0 Å². The smallest absolute Gasteiger partial charge is 0.368 e. The van der Waals surface area contributed by atoms with Crippen LogP contribution in [-0.2, 0) is 21.0 Å². The molecule has 0 radical (unpaired) electrons. The normalized spacial score (nSPS) is 12.1. The molecule has 12 heteroatoms. The van der Waals surface area contributed by atoms with Gasteiger partial charge in [-0.1, -0.05) is 34.8 Å². The summed E-state index contributed by atoms with van der Waals surface area (Å²) in [5.74, 6) is -1.10. The van der Waals surface area contributed by atoms with Gasteiger partial charge in [-0.15, -0.1) is 0 Å². The first-order chi connectivity index (χ1) is 12.3. The highest BCUT2D eigenvalue weighted by atomic mass is 35.5. The molecule has 27 heavy (non-hydrogen) atoms. The van der Waals surface area contributed by atoms with E-state index >= 15 is 0 Å². The van der Waals surface area contributed by atoms with Gasteiger partial charge >= 0.3 is 6.18 Å². The van der Waals surface area contributed by atoms with Crippen molar-refractivity contribution in [3.8, 4) is 0 Å². The molecule has 0 aromatic heterocycles. The van der Waals surface area contributed by atoms with Crippen LogP contribution in [0.5, 0.6) is 0 Å². The summed E-state index contributed by atoms with van der Waals surface area (Å²) in [6.45, 7) is -0.941. The topological polar surface area (TPSA) is 80.5 Å². The third-order valence-corrected chi connectivity index (χ3v) is 6.14. The Bertz CT molecular complexity index is 998. The lowest BCUT2D eigenvalue weighted by molar-refractivity contribution is -0.137. The Hall–Kier alpha value is -1.68. The van der Waals surface area contributed by atoms with Gasteiger partial charge in [-0.25, -0.2) is 8.42 Å².